The number of rotatable bonds is 2. The number of aromatic amines is 2. The summed E-state index contributed by atoms with van der Waals surface area (Å²) in [5.41, 5.74) is 3.20. The lowest BCUT2D eigenvalue weighted by atomic mass is 9.86. The van der Waals surface area contributed by atoms with Gasteiger partial charge >= 0.3 is 0 Å². The molecule has 2 N–H and O–H groups in total. The van der Waals surface area contributed by atoms with E-state index in [4.69, 9.17) is 4.52 Å². The van der Waals surface area contributed by atoms with Crippen LogP contribution in [0, 0.1) is 0 Å². The summed E-state index contributed by atoms with van der Waals surface area (Å²) >= 11 is 0. The molecule has 0 amide bonds. The topological polar surface area (TPSA) is 96.3 Å². The normalized spacial score (nSPS) is 12.1. The first kappa shape index (κ1) is 13.7. The molecule has 0 bridgehead atoms. The maximum absolute atomic E-state index is 5.32. The Bertz CT molecular complexity index is 958. The standard InChI is InChI=1S/C16H16N6O/c1-16(2,3)10-4-5-11-9(6-10)7-12(19-11)15-20-14(22-23-15)13-17-8-18-21-13/h4-8,19H,1-3H3,(H,17,18,21). The number of nitrogens with zero attached hydrogens (tertiary/aromatic N) is 4. The summed E-state index contributed by atoms with van der Waals surface area (Å²) in [4.78, 5) is 11.7. The number of H-pyrrole nitrogens is 2. The number of nitrogens with one attached hydrogen (secondary N) is 2. The van der Waals surface area contributed by atoms with Gasteiger partial charge in [0.1, 0.15) is 12.0 Å². The van der Waals surface area contributed by atoms with Gasteiger partial charge in [0.25, 0.3) is 5.89 Å². The zero-order valence-corrected chi connectivity index (χ0v) is 13.1. The average molecular weight is 308 g/mol. The lowest BCUT2D eigenvalue weighted by Crippen LogP contribution is -2.10. The van der Waals surface area contributed by atoms with E-state index < -0.39 is 0 Å². The van der Waals surface area contributed by atoms with Crippen LogP contribution in [0.1, 0.15) is 26.3 Å². The van der Waals surface area contributed by atoms with Crippen molar-refractivity contribution in [3.63, 3.8) is 0 Å². The first-order valence-electron chi connectivity index (χ1n) is 7.34. The number of hydrogen-bond donors (Lipinski definition) is 2. The van der Waals surface area contributed by atoms with Crippen molar-refractivity contribution >= 4 is 10.9 Å². The van der Waals surface area contributed by atoms with E-state index in [9.17, 15) is 0 Å². The highest BCUT2D eigenvalue weighted by atomic mass is 16.5. The van der Waals surface area contributed by atoms with Gasteiger partial charge in [-0.05, 0) is 29.2 Å². The Hall–Kier alpha value is -2.96. The molecule has 1 aromatic carbocycles. The highest BCUT2D eigenvalue weighted by Gasteiger charge is 2.17. The summed E-state index contributed by atoms with van der Waals surface area (Å²) in [5.74, 6) is 1.28. The molecule has 0 aliphatic rings. The van der Waals surface area contributed by atoms with E-state index in [1.54, 1.807) is 0 Å². The Morgan fingerprint density at radius 3 is 2.74 bits per heavy atom. The fourth-order valence-corrected chi connectivity index (χ4v) is 2.46. The molecular formula is C16H16N6O. The maximum atomic E-state index is 5.32. The van der Waals surface area contributed by atoms with Crippen LogP contribution in [0.15, 0.2) is 35.1 Å². The van der Waals surface area contributed by atoms with Gasteiger partial charge in [-0.25, -0.2) is 4.98 Å². The first-order valence-corrected chi connectivity index (χ1v) is 7.34. The van der Waals surface area contributed by atoms with Crippen LogP contribution >= 0.6 is 0 Å². The van der Waals surface area contributed by atoms with Gasteiger partial charge < -0.3 is 9.51 Å². The van der Waals surface area contributed by atoms with Gasteiger partial charge in [-0.1, -0.05) is 32.0 Å². The molecule has 0 aliphatic heterocycles. The molecule has 23 heavy (non-hydrogen) atoms. The molecule has 0 unspecified atom stereocenters. The van der Waals surface area contributed by atoms with Crippen molar-refractivity contribution in [3.05, 3.63) is 36.2 Å². The zero-order chi connectivity index (χ0) is 16.0. The molecule has 0 fully saturated rings. The summed E-state index contributed by atoms with van der Waals surface area (Å²) in [5, 5.41) is 11.5. The second-order valence-electron chi connectivity index (χ2n) is 6.49. The monoisotopic (exact) mass is 308 g/mol. The smallest absolute Gasteiger partial charge is 0.274 e. The molecule has 7 nitrogen and oxygen atoms in total. The van der Waals surface area contributed by atoms with Crippen LogP contribution < -0.4 is 0 Å². The van der Waals surface area contributed by atoms with E-state index in [1.165, 1.54) is 11.9 Å². The van der Waals surface area contributed by atoms with E-state index in [1.807, 2.05) is 6.07 Å². The average Bonchev–Trinajstić information content (AvgIpc) is 3.24. The second-order valence-corrected chi connectivity index (χ2v) is 6.49. The number of fused-ring (bicyclic) bond motifs is 1. The third-order valence-electron chi connectivity index (χ3n) is 3.77. The fourth-order valence-electron chi connectivity index (χ4n) is 2.46. The van der Waals surface area contributed by atoms with Gasteiger partial charge in [0.15, 0.2) is 5.82 Å². The Labute approximate surface area is 132 Å². The lowest BCUT2D eigenvalue weighted by Gasteiger charge is -2.18. The lowest BCUT2D eigenvalue weighted by molar-refractivity contribution is 0.431. The van der Waals surface area contributed by atoms with Gasteiger partial charge in [-0.3, -0.25) is 5.10 Å². The highest BCUT2D eigenvalue weighted by Crippen LogP contribution is 2.29. The minimum absolute atomic E-state index is 0.107. The predicted molar refractivity (Wildman–Crippen MR) is 85.7 cm³/mol. The minimum atomic E-state index is 0.107. The number of hydrogen-bond acceptors (Lipinski definition) is 5. The molecule has 0 saturated heterocycles. The summed E-state index contributed by atoms with van der Waals surface area (Å²) in [6.07, 6.45) is 1.41. The molecular weight excluding hydrogens is 292 g/mol. The molecule has 4 rings (SSSR count). The van der Waals surface area contributed by atoms with Crippen LogP contribution in [0.25, 0.3) is 34.1 Å². The van der Waals surface area contributed by atoms with Crippen LogP contribution in [0.3, 0.4) is 0 Å². The Morgan fingerprint density at radius 2 is 2.00 bits per heavy atom. The largest absolute Gasteiger partial charge is 0.351 e. The van der Waals surface area contributed by atoms with E-state index in [0.29, 0.717) is 17.5 Å². The predicted octanol–water partition coefficient (Wildman–Crippen LogP) is 3.30. The van der Waals surface area contributed by atoms with Crippen LogP contribution in [0.5, 0.6) is 0 Å². The van der Waals surface area contributed by atoms with Crippen molar-refractivity contribution < 1.29 is 4.52 Å². The van der Waals surface area contributed by atoms with E-state index in [0.717, 1.165) is 16.6 Å². The van der Waals surface area contributed by atoms with Crippen LogP contribution in [0.2, 0.25) is 0 Å². The van der Waals surface area contributed by atoms with Gasteiger partial charge in [-0.15, -0.1) is 0 Å². The van der Waals surface area contributed by atoms with Crippen molar-refractivity contribution in [1.82, 2.24) is 30.3 Å². The molecule has 0 atom stereocenters. The fraction of sp³-hybridized carbons (Fsp3) is 0.250. The van der Waals surface area contributed by atoms with Crippen molar-refractivity contribution in [2.45, 2.75) is 26.2 Å². The quantitative estimate of drug-likeness (QED) is 0.592. The summed E-state index contributed by atoms with van der Waals surface area (Å²) in [7, 11) is 0. The van der Waals surface area contributed by atoms with Gasteiger partial charge in [0, 0.05) is 10.9 Å². The maximum Gasteiger partial charge on any atom is 0.274 e. The molecule has 116 valence electrons. The van der Waals surface area contributed by atoms with E-state index in [2.05, 4.69) is 69.3 Å². The second kappa shape index (κ2) is 4.77. The number of aromatic nitrogens is 6. The number of benzene rings is 1. The molecule has 4 aromatic rings. The molecule has 0 saturated carbocycles. The van der Waals surface area contributed by atoms with Gasteiger partial charge in [-0.2, -0.15) is 10.1 Å². The minimum Gasteiger partial charge on any atom is -0.351 e. The summed E-state index contributed by atoms with van der Waals surface area (Å²) < 4.78 is 5.32. The van der Waals surface area contributed by atoms with Crippen LogP contribution in [0.4, 0.5) is 0 Å². The zero-order valence-electron chi connectivity index (χ0n) is 13.1. The van der Waals surface area contributed by atoms with Crippen molar-refractivity contribution in [2.75, 3.05) is 0 Å². The third-order valence-corrected chi connectivity index (χ3v) is 3.77. The van der Waals surface area contributed by atoms with Crippen LogP contribution in [-0.2, 0) is 5.41 Å². The van der Waals surface area contributed by atoms with E-state index >= 15 is 0 Å². The summed E-state index contributed by atoms with van der Waals surface area (Å²) in [6, 6.07) is 8.41. The van der Waals surface area contributed by atoms with Crippen molar-refractivity contribution in [2.24, 2.45) is 0 Å². The molecule has 0 aliphatic carbocycles. The molecule has 3 aromatic heterocycles. The van der Waals surface area contributed by atoms with Crippen molar-refractivity contribution in [3.8, 4) is 23.2 Å². The Kier molecular flexibility index (Phi) is 2.84. The molecule has 3 heterocycles. The van der Waals surface area contributed by atoms with Crippen LogP contribution in [-0.4, -0.2) is 30.3 Å². The SMILES string of the molecule is CC(C)(C)c1ccc2[nH]c(-c3nc(-c4ncn[nH]4)no3)cc2c1. The Balaban J connectivity index is 1.75. The van der Waals surface area contributed by atoms with E-state index in [-0.39, 0.29) is 5.41 Å². The first-order chi connectivity index (χ1) is 11.0. The highest BCUT2D eigenvalue weighted by molar-refractivity contribution is 5.85. The molecule has 0 spiro atoms. The van der Waals surface area contributed by atoms with Crippen molar-refractivity contribution in [1.29, 1.82) is 0 Å². The van der Waals surface area contributed by atoms with Gasteiger partial charge in [0.2, 0.25) is 5.82 Å². The molecule has 7 heteroatoms. The summed E-state index contributed by atoms with van der Waals surface area (Å²) in [6.45, 7) is 6.59. The Morgan fingerprint density at radius 1 is 1.13 bits per heavy atom. The third kappa shape index (κ3) is 2.40. The van der Waals surface area contributed by atoms with Gasteiger partial charge in [0.05, 0.1) is 0 Å². The molecule has 0 radical (unpaired) electrons.